The maximum Gasteiger partial charge on any atom is 0.433 e. The first-order valence-corrected chi connectivity index (χ1v) is 8.78. The van der Waals surface area contributed by atoms with Crippen LogP contribution in [0.5, 0.6) is 0 Å². The van der Waals surface area contributed by atoms with E-state index in [1.807, 2.05) is 12.1 Å². The number of carbonyl (C=O) groups is 1. The molecule has 1 aromatic heterocycles. The Morgan fingerprint density at radius 3 is 2.61 bits per heavy atom. The summed E-state index contributed by atoms with van der Waals surface area (Å²) < 4.78 is 5.15. The molecule has 0 radical (unpaired) electrons. The SMILES string of the molecule is O=C1c2ccccc2NC(/C=C/c2ccc([N+](=O)[O-])o2)N1c1ccccc1Cl. The summed E-state index contributed by atoms with van der Waals surface area (Å²) in [7, 11) is 0. The summed E-state index contributed by atoms with van der Waals surface area (Å²) in [6, 6.07) is 17.0. The third-order valence-electron chi connectivity index (χ3n) is 4.31. The zero-order valence-electron chi connectivity index (χ0n) is 14.4. The molecule has 2 aromatic carbocycles. The number of halogens is 1. The molecule has 1 atom stereocenters. The van der Waals surface area contributed by atoms with E-state index >= 15 is 0 Å². The molecule has 0 aliphatic carbocycles. The average Bonchev–Trinajstić information content (AvgIpc) is 3.17. The summed E-state index contributed by atoms with van der Waals surface area (Å²) in [5.74, 6) is -0.248. The number of nitrogens with one attached hydrogen (secondary N) is 1. The largest absolute Gasteiger partial charge is 0.433 e. The van der Waals surface area contributed by atoms with E-state index < -0.39 is 11.1 Å². The highest BCUT2D eigenvalue weighted by Gasteiger charge is 2.32. The number of furan rings is 1. The van der Waals surface area contributed by atoms with Gasteiger partial charge < -0.3 is 9.73 Å². The standard InChI is InChI=1S/C20H14ClN3O4/c21-15-6-2-4-8-17(15)23-18(11-9-13-10-12-19(28-13)24(26)27)22-16-7-3-1-5-14(16)20(23)25/h1-12,18,22H/b11-9+. The van der Waals surface area contributed by atoms with Crippen molar-refractivity contribution in [3.63, 3.8) is 0 Å². The highest BCUT2D eigenvalue weighted by Crippen LogP contribution is 2.34. The van der Waals surface area contributed by atoms with Gasteiger partial charge in [0.2, 0.25) is 0 Å². The quantitative estimate of drug-likeness (QED) is 0.498. The first-order valence-electron chi connectivity index (χ1n) is 8.40. The van der Waals surface area contributed by atoms with Crippen LogP contribution in [0, 0.1) is 10.1 Å². The van der Waals surface area contributed by atoms with Crippen molar-refractivity contribution < 1.29 is 14.1 Å². The van der Waals surface area contributed by atoms with E-state index in [9.17, 15) is 14.9 Å². The number of rotatable bonds is 4. The van der Waals surface area contributed by atoms with Gasteiger partial charge in [0, 0.05) is 5.69 Å². The predicted molar refractivity (Wildman–Crippen MR) is 107 cm³/mol. The van der Waals surface area contributed by atoms with Crippen molar-refractivity contribution in [2.45, 2.75) is 6.17 Å². The first kappa shape index (κ1) is 17.8. The van der Waals surface area contributed by atoms with Gasteiger partial charge in [0.05, 0.1) is 22.3 Å². The molecule has 7 nitrogen and oxygen atoms in total. The lowest BCUT2D eigenvalue weighted by Gasteiger charge is -2.36. The van der Waals surface area contributed by atoms with Crippen molar-refractivity contribution in [1.82, 2.24) is 0 Å². The fourth-order valence-electron chi connectivity index (χ4n) is 3.03. The summed E-state index contributed by atoms with van der Waals surface area (Å²) in [6.45, 7) is 0. The molecular weight excluding hydrogens is 382 g/mol. The Morgan fingerprint density at radius 2 is 1.86 bits per heavy atom. The summed E-state index contributed by atoms with van der Waals surface area (Å²) in [5, 5.41) is 14.5. The molecule has 1 N–H and O–H groups in total. The number of benzene rings is 2. The van der Waals surface area contributed by atoms with E-state index in [0.717, 1.165) is 0 Å². The number of para-hydroxylation sites is 2. The lowest BCUT2D eigenvalue weighted by molar-refractivity contribution is -0.402. The number of nitro groups is 1. The van der Waals surface area contributed by atoms with E-state index in [2.05, 4.69) is 5.32 Å². The van der Waals surface area contributed by atoms with Gasteiger partial charge in [0.1, 0.15) is 16.8 Å². The second-order valence-corrected chi connectivity index (χ2v) is 6.46. The molecule has 1 amide bonds. The van der Waals surface area contributed by atoms with Crippen LogP contribution in [0.2, 0.25) is 5.02 Å². The average molecular weight is 396 g/mol. The molecule has 1 aliphatic heterocycles. The topological polar surface area (TPSA) is 88.6 Å². The van der Waals surface area contributed by atoms with Gasteiger partial charge in [0.25, 0.3) is 5.91 Å². The Hall–Kier alpha value is -3.58. The van der Waals surface area contributed by atoms with Gasteiger partial charge in [-0.05, 0) is 42.5 Å². The minimum Gasteiger partial charge on any atom is -0.401 e. The van der Waals surface area contributed by atoms with Crippen LogP contribution < -0.4 is 10.2 Å². The zero-order chi connectivity index (χ0) is 19.7. The molecule has 8 heteroatoms. The summed E-state index contributed by atoms with van der Waals surface area (Å²) >= 11 is 6.33. The maximum absolute atomic E-state index is 13.2. The lowest BCUT2D eigenvalue weighted by atomic mass is 10.1. The van der Waals surface area contributed by atoms with Gasteiger partial charge in [-0.15, -0.1) is 0 Å². The molecule has 1 unspecified atom stereocenters. The summed E-state index contributed by atoms with van der Waals surface area (Å²) in [4.78, 5) is 24.9. The van der Waals surface area contributed by atoms with Crippen LogP contribution in [0.25, 0.3) is 6.08 Å². The van der Waals surface area contributed by atoms with Crippen LogP contribution in [-0.2, 0) is 0 Å². The predicted octanol–water partition coefficient (Wildman–Crippen LogP) is 4.95. The number of amides is 1. The molecule has 0 fully saturated rings. The lowest BCUT2D eigenvalue weighted by Crippen LogP contribution is -2.48. The second kappa shape index (κ2) is 7.21. The van der Waals surface area contributed by atoms with E-state index in [0.29, 0.717) is 27.7 Å². The minimum atomic E-state index is -0.605. The third-order valence-corrected chi connectivity index (χ3v) is 4.62. The summed E-state index contributed by atoms with van der Waals surface area (Å²) in [6.07, 6.45) is 2.71. The third kappa shape index (κ3) is 3.23. The number of nitrogens with zero attached hydrogens (tertiary/aromatic N) is 2. The summed E-state index contributed by atoms with van der Waals surface area (Å²) in [5.41, 5.74) is 1.77. The highest BCUT2D eigenvalue weighted by atomic mass is 35.5. The maximum atomic E-state index is 13.2. The molecule has 1 aliphatic rings. The van der Waals surface area contributed by atoms with E-state index in [1.54, 1.807) is 53.5 Å². The van der Waals surface area contributed by atoms with Crippen LogP contribution in [0.1, 0.15) is 16.1 Å². The van der Waals surface area contributed by atoms with E-state index in [4.69, 9.17) is 16.0 Å². The normalized spacial score (nSPS) is 16.1. The van der Waals surface area contributed by atoms with Gasteiger partial charge in [-0.1, -0.05) is 35.9 Å². The molecule has 140 valence electrons. The smallest absolute Gasteiger partial charge is 0.401 e. The number of carbonyl (C=O) groups excluding carboxylic acids is 1. The van der Waals surface area contributed by atoms with Crippen LogP contribution >= 0.6 is 11.6 Å². The molecule has 2 heterocycles. The monoisotopic (exact) mass is 395 g/mol. The Labute approximate surface area is 165 Å². The molecule has 0 spiro atoms. The second-order valence-electron chi connectivity index (χ2n) is 6.05. The molecule has 3 aromatic rings. The molecule has 4 rings (SSSR count). The van der Waals surface area contributed by atoms with E-state index in [1.165, 1.54) is 12.1 Å². The number of fused-ring (bicyclic) bond motifs is 1. The molecule has 0 saturated carbocycles. The van der Waals surface area contributed by atoms with Crippen molar-refractivity contribution in [2.24, 2.45) is 0 Å². The number of hydrogen-bond acceptors (Lipinski definition) is 5. The van der Waals surface area contributed by atoms with Crippen molar-refractivity contribution in [3.8, 4) is 0 Å². The van der Waals surface area contributed by atoms with Gasteiger partial charge in [-0.2, -0.15) is 0 Å². The van der Waals surface area contributed by atoms with Gasteiger partial charge in [-0.25, -0.2) is 0 Å². The van der Waals surface area contributed by atoms with Crippen molar-refractivity contribution in [1.29, 1.82) is 0 Å². The Bertz CT molecular complexity index is 1090. The van der Waals surface area contributed by atoms with Crippen molar-refractivity contribution in [3.05, 3.63) is 93.2 Å². The molecule has 0 bridgehead atoms. The van der Waals surface area contributed by atoms with Crippen LogP contribution in [0.4, 0.5) is 17.3 Å². The van der Waals surface area contributed by atoms with Gasteiger partial charge >= 0.3 is 5.88 Å². The molecule has 28 heavy (non-hydrogen) atoms. The molecular formula is C20H14ClN3O4. The number of hydrogen-bond donors (Lipinski definition) is 1. The molecule has 0 saturated heterocycles. The van der Waals surface area contributed by atoms with Crippen molar-refractivity contribution in [2.75, 3.05) is 10.2 Å². The Morgan fingerprint density at radius 1 is 1.11 bits per heavy atom. The van der Waals surface area contributed by atoms with Crippen molar-refractivity contribution >= 4 is 40.8 Å². The fraction of sp³-hybridized carbons (Fsp3) is 0.0500. The zero-order valence-corrected chi connectivity index (χ0v) is 15.2. The number of anilines is 2. The van der Waals surface area contributed by atoms with E-state index in [-0.39, 0.29) is 11.8 Å². The Balaban J connectivity index is 1.74. The van der Waals surface area contributed by atoms with Gasteiger partial charge in [0.15, 0.2) is 0 Å². The minimum absolute atomic E-state index is 0.206. The highest BCUT2D eigenvalue weighted by molar-refractivity contribution is 6.34. The Kier molecular flexibility index (Phi) is 4.58. The van der Waals surface area contributed by atoms with Crippen LogP contribution in [0.3, 0.4) is 0 Å². The van der Waals surface area contributed by atoms with Gasteiger partial charge in [-0.3, -0.25) is 19.8 Å². The first-order chi connectivity index (χ1) is 13.5. The van der Waals surface area contributed by atoms with Crippen LogP contribution in [0.15, 0.2) is 71.2 Å². The fourth-order valence-corrected chi connectivity index (χ4v) is 3.26. The van der Waals surface area contributed by atoms with Crippen LogP contribution in [-0.4, -0.2) is 17.0 Å².